The number of benzene rings is 1. The number of nitrogens with zero attached hydrogens (tertiary/aromatic N) is 5. The first-order valence-corrected chi connectivity index (χ1v) is 9.54. The highest BCUT2D eigenvalue weighted by atomic mass is 32.2. The molecular formula is C16H11N5O4S2. The second-order valence-electron chi connectivity index (χ2n) is 5.50. The first-order valence-electron chi connectivity index (χ1n) is 7.67. The predicted molar refractivity (Wildman–Crippen MR) is 101 cm³/mol. The highest BCUT2D eigenvalue weighted by Crippen LogP contribution is 2.25. The molecule has 4 aromatic rings. The smallest absolute Gasteiger partial charge is 0.269 e. The summed E-state index contributed by atoms with van der Waals surface area (Å²) in [7, 11) is 1.67. The van der Waals surface area contributed by atoms with Gasteiger partial charge in [0.15, 0.2) is 5.16 Å². The monoisotopic (exact) mass is 401 g/mol. The van der Waals surface area contributed by atoms with Crippen LogP contribution in [0.4, 0.5) is 5.69 Å². The lowest BCUT2D eigenvalue weighted by Gasteiger charge is -2.05. The lowest BCUT2D eigenvalue weighted by molar-refractivity contribution is -0.384. The molecule has 0 saturated carbocycles. The lowest BCUT2D eigenvalue weighted by Crippen LogP contribution is -2.19. The third-order valence-corrected chi connectivity index (χ3v) is 5.61. The van der Waals surface area contributed by atoms with Gasteiger partial charge < -0.3 is 4.52 Å². The Morgan fingerprint density at radius 3 is 2.78 bits per heavy atom. The summed E-state index contributed by atoms with van der Waals surface area (Å²) in [6, 6.07) is 7.66. The number of nitro groups is 1. The fraction of sp³-hybridized carbons (Fsp3) is 0.125. The van der Waals surface area contributed by atoms with Crippen molar-refractivity contribution >= 4 is 39.0 Å². The molecule has 9 nitrogen and oxygen atoms in total. The molecule has 0 atom stereocenters. The minimum absolute atomic E-state index is 0.00557. The van der Waals surface area contributed by atoms with E-state index in [0.29, 0.717) is 38.4 Å². The topological polar surface area (TPSA) is 117 Å². The average molecular weight is 401 g/mol. The van der Waals surface area contributed by atoms with E-state index in [-0.39, 0.29) is 11.2 Å². The predicted octanol–water partition coefficient (Wildman–Crippen LogP) is 3.25. The van der Waals surface area contributed by atoms with Crippen molar-refractivity contribution in [3.8, 4) is 11.4 Å². The molecule has 0 radical (unpaired) electrons. The van der Waals surface area contributed by atoms with Crippen LogP contribution in [0.15, 0.2) is 50.2 Å². The van der Waals surface area contributed by atoms with E-state index < -0.39 is 4.92 Å². The van der Waals surface area contributed by atoms with Gasteiger partial charge in [-0.05, 0) is 23.6 Å². The molecule has 0 aliphatic heterocycles. The van der Waals surface area contributed by atoms with Gasteiger partial charge in [0.1, 0.15) is 4.83 Å². The molecule has 3 heterocycles. The van der Waals surface area contributed by atoms with Crippen LogP contribution >= 0.6 is 23.1 Å². The second kappa shape index (κ2) is 6.93. The van der Waals surface area contributed by atoms with Crippen molar-refractivity contribution in [2.45, 2.75) is 10.9 Å². The standard InChI is InChI=1S/C16H11N5O4S2/c1-20-15(22)11-6-7-26-14(11)18-16(20)27-8-12-17-13(19-25-12)9-2-4-10(5-3-9)21(23)24/h2-7H,8H2,1H3. The molecule has 0 aliphatic carbocycles. The molecule has 0 fully saturated rings. The Morgan fingerprint density at radius 1 is 1.26 bits per heavy atom. The van der Waals surface area contributed by atoms with Gasteiger partial charge in [-0.1, -0.05) is 16.9 Å². The van der Waals surface area contributed by atoms with Crippen molar-refractivity contribution in [2.24, 2.45) is 7.05 Å². The molecule has 0 amide bonds. The van der Waals surface area contributed by atoms with Gasteiger partial charge in [0.25, 0.3) is 11.2 Å². The second-order valence-corrected chi connectivity index (χ2v) is 7.34. The van der Waals surface area contributed by atoms with Crippen molar-refractivity contribution in [2.75, 3.05) is 0 Å². The Bertz CT molecular complexity index is 1200. The lowest BCUT2D eigenvalue weighted by atomic mass is 10.2. The van der Waals surface area contributed by atoms with Gasteiger partial charge in [-0.25, -0.2) is 4.98 Å². The summed E-state index contributed by atoms with van der Waals surface area (Å²) in [6.45, 7) is 0. The molecule has 0 N–H and O–H groups in total. The third kappa shape index (κ3) is 3.34. The first kappa shape index (κ1) is 17.4. The van der Waals surface area contributed by atoms with E-state index in [0.717, 1.165) is 0 Å². The van der Waals surface area contributed by atoms with E-state index in [2.05, 4.69) is 15.1 Å². The molecule has 11 heteroatoms. The van der Waals surface area contributed by atoms with Crippen molar-refractivity contribution < 1.29 is 9.45 Å². The molecule has 4 rings (SSSR count). The van der Waals surface area contributed by atoms with Crippen molar-refractivity contribution in [1.29, 1.82) is 0 Å². The van der Waals surface area contributed by atoms with Crippen LogP contribution in [0.5, 0.6) is 0 Å². The normalized spacial score (nSPS) is 11.1. The Labute approximate surface area is 159 Å². The molecule has 3 aromatic heterocycles. The maximum atomic E-state index is 12.3. The van der Waals surface area contributed by atoms with Crippen LogP contribution in [0.1, 0.15) is 5.89 Å². The first-order chi connectivity index (χ1) is 13.0. The fourth-order valence-electron chi connectivity index (χ4n) is 2.40. The Kier molecular flexibility index (Phi) is 4.46. The number of thiophene rings is 1. The summed E-state index contributed by atoms with van der Waals surface area (Å²) in [5, 5.41) is 17.6. The summed E-state index contributed by atoms with van der Waals surface area (Å²) >= 11 is 2.73. The van der Waals surface area contributed by atoms with Gasteiger partial charge >= 0.3 is 0 Å². The van der Waals surface area contributed by atoms with Gasteiger partial charge in [-0.3, -0.25) is 19.5 Å². The van der Waals surface area contributed by atoms with Crippen LogP contribution in [-0.4, -0.2) is 24.6 Å². The summed E-state index contributed by atoms with van der Waals surface area (Å²) < 4.78 is 6.73. The summed E-state index contributed by atoms with van der Waals surface area (Å²) in [5.74, 6) is 1.06. The van der Waals surface area contributed by atoms with Crippen molar-refractivity contribution in [3.63, 3.8) is 0 Å². The zero-order valence-electron chi connectivity index (χ0n) is 13.9. The van der Waals surface area contributed by atoms with Crippen LogP contribution in [0.2, 0.25) is 0 Å². The number of rotatable bonds is 5. The molecule has 0 spiro atoms. The van der Waals surface area contributed by atoms with Gasteiger partial charge in [0.05, 0.1) is 16.1 Å². The highest BCUT2D eigenvalue weighted by Gasteiger charge is 2.14. The van der Waals surface area contributed by atoms with Crippen LogP contribution in [0.25, 0.3) is 21.6 Å². The van der Waals surface area contributed by atoms with Gasteiger partial charge in [0, 0.05) is 24.7 Å². The fourth-order valence-corrected chi connectivity index (χ4v) is 4.01. The number of fused-ring (bicyclic) bond motifs is 1. The summed E-state index contributed by atoms with van der Waals surface area (Å²) in [6.07, 6.45) is 0. The van der Waals surface area contributed by atoms with Crippen molar-refractivity contribution in [1.82, 2.24) is 19.7 Å². The van der Waals surface area contributed by atoms with Gasteiger partial charge in [-0.15, -0.1) is 11.3 Å². The number of non-ortho nitro benzene ring substituents is 1. The van der Waals surface area contributed by atoms with E-state index in [4.69, 9.17) is 4.52 Å². The Balaban J connectivity index is 1.52. The Morgan fingerprint density at radius 2 is 2.04 bits per heavy atom. The van der Waals surface area contributed by atoms with Crippen LogP contribution in [0.3, 0.4) is 0 Å². The number of hydrogen-bond acceptors (Lipinski definition) is 9. The SMILES string of the molecule is Cn1c(SCc2nc(-c3ccc([N+](=O)[O-])cc3)no2)nc2sccc2c1=O. The zero-order chi connectivity index (χ0) is 19.0. The Hall–Kier alpha value is -3.05. The molecule has 136 valence electrons. The summed E-state index contributed by atoms with van der Waals surface area (Å²) in [5.41, 5.74) is 0.515. The largest absolute Gasteiger partial charge is 0.338 e. The maximum Gasteiger partial charge on any atom is 0.269 e. The average Bonchev–Trinajstić information content (AvgIpc) is 3.33. The third-order valence-electron chi connectivity index (χ3n) is 3.79. The molecule has 0 unspecified atom stereocenters. The van der Waals surface area contributed by atoms with E-state index >= 15 is 0 Å². The maximum absolute atomic E-state index is 12.3. The molecule has 27 heavy (non-hydrogen) atoms. The van der Waals surface area contributed by atoms with Gasteiger partial charge in [-0.2, -0.15) is 4.98 Å². The van der Waals surface area contributed by atoms with Crippen LogP contribution in [0, 0.1) is 10.1 Å². The van der Waals surface area contributed by atoms with E-state index in [1.54, 1.807) is 25.2 Å². The quantitative estimate of drug-likeness (QED) is 0.216. The minimum Gasteiger partial charge on any atom is -0.338 e. The molecule has 0 aliphatic rings. The number of nitro benzene ring substituents is 1. The van der Waals surface area contributed by atoms with Crippen molar-refractivity contribution in [3.05, 3.63) is 62.1 Å². The zero-order valence-corrected chi connectivity index (χ0v) is 15.5. The van der Waals surface area contributed by atoms with Crippen LogP contribution in [-0.2, 0) is 12.8 Å². The minimum atomic E-state index is -0.468. The molecular weight excluding hydrogens is 390 g/mol. The van der Waals surface area contributed by atoms with E-state index in [1.807, 2.05) is 5.38 Å². The summed E-state index contributed by atoms with van der Waals surface area (Å²) in [4.78, 5) is 32.0. The van der Waals surface area contributed by atoms with E-state index in [1.165, 1.54) is 39.8 Å². The molecule has 0 saturated heterocycles. The number of aromatic nitrogens is 4. The van der Waals surface area contributed by atoms with Gasteiger partial charge in [0.2, 0.25) is 11.7 Å². The highest BCUT2D eigenvalue weighted by molar-refractivity contribution is 7.98. The number of thioether (sulfide) groups is 1. The van der Waals surface area contributed by atoms with Crippen LogP contribution < -0.4 is 5.56 Å². The van der Waals surface area contributed by atoms with E-state index in [9.17, 15) is 14.9 Å². The molecule has 1 aromatic carbocycles. The number of hydrogen-bond donors (Lipinski definition) is 0. The molecule has 0 bridgehead atoms.